The zero-order valence-corrected chi connectivity index (χ0v) is 17.4. The summed E-state index contributed by atoms with van der Waals surface area (Å²) in [5.41, 5.74) is 2.67. The number of benzene rings is 1. The van der Waals surface area contributed by atoms with E-state index in [9.17, 15) is 4.79 Å². The van der Waals surface area contributed by atoms with Crippen LogP contribution < -0.4 is 16.0 Å². The van der Waals surface area contributed by atoms with Gasteiger partial charge in [0.25, 0.3) is 5.91 Å². The van der Waals surface area contributed by atoms with Crippen LogP contribution in [0, 0.1) is 0 Å². The molecule has 152 valence electrons. The Bertz CT molecular complexity index is 780. The summed E-state index contributed by atoms with van der Waals surface area (Å²) >= 11 is 0. The van der Waals surface area contributed by atoms with Crippen molar-refractivity contribution in [3.63, 3.8) is 0 Å². The van der Waals surface area contributed by atoms with Crippen LogP contribution in [0.3, 0.4) is 0 Å². The molecule has 0 spiro atoms. The molecule has 1 heterocycles. The fraction of sp³-hybridized carbons (Fsp3) is 0.476. The van der Waals surface area contributed by atoms with Gasteiger partial charge >= 0.3 is 0 Å². The lowest BCUT2D eigenvalue weighted by Crippen LogP contribution is -2.36. The first-order valence-corrected chi connectivity index (χ1v) is 9.72. The van der Waals surface area contributed by atoms with Gasteiger partial charge in [-0.25, -0.2) is 0 Å². The van der Waals surface area contributed by atoms with Crippen molar-refractivity contribution >= 4 is 11.9 Å². The molecular weight excluding hydrogens is 354 g/mol. The summed E-state index contributed by atoms with van der Waals surface area (Å²) in [5.74, 6) is 1.73. The molecule has 3 N–H and O–H groups in total. The van der Waals surface area contributed by atoms with Gasteiger partial charge in [-0.1, -0.05) is 38.1 Å². The van der Waals surface area contributed by atoms with Crippen LogP contribution in [0.5, 0.6) is 0 Å². The number of carbonyl (C=O) groups excluding carboxylic acids is 1. The second-order valence-corrected chi connectivity index (χ2v) is 7.13. The third-order valence-corrected chi connectivity index (χ3v) is 4.49. The fourth-order valence-corrected chi connectivity index (χ4v) is 2.44. The van der Waals surface area contributed by atoms with E-state index in [0.29, 0.717) is 30.5 Å². The van der Waals surface area contributed by atoms with Crippen LogP contribution in [-0.2, 0) is 13.1 Å². The maximum absolute atomic E-state index is 12.1. The highest BCUT2D eigenvalue weighted by molar-refractivity contribution is 5.94. The van der Waals surface area contributed by atoms with E-state index >= 15 is 0 Å². The highest BCUT2D eigenvalue weighted by Gasteiger charge is 2.09. The van der Waals surface area contributed by atoms with Crippen molar-refractivity contribution in [3.8, 4) is 0 Å². The fourth-order valence-electron chi connectivity index (χ4n) is 2.44. The van der Waals surface area contributed by atoms with Crippen molar-refractivity contribution in [1.29, 1.82) is 0 Å². The molecule has 0 aliphatic carbocycles. The van der Waals surface area contributed by atoms with Crippen molar-refractivity contribution in [2.45, 2.75) is 59.2 Å². The van der Waals surface area contributed by atoms with Gasteiger partial charge in [0.15, 0.2) is 11.7 Å². The molecule has 1 amide bonds. The Hall–Kier alpha value is -2.83. The quantitative estimate of drug-likeness (QED) is 0.479. The summed E-state index contributed by atoms with van der Waals surface area (Å²) in [6.45, 7) is 9.31. The average molecular weight is 386 g/mol. The SMILES string of the molecule is CCC(C)NC(=O)c1ccc(CNC(=NC)NCc2cc(C(C)C)no2)cc1. The van der Waals surface area contributed by atoms with Crippen molar-refractivity contribution in [1.82, 2.24) is 21.1 Å². The van der Waals surface area contributed by atoms with Gasteiger partial charge in [0.2, 0.25) is 0 Å². The van der Waals surface area contributed by atoms with E-state index in [4.69, 9.17) is 4.52 Å². The highest BCUT2D eigenvalue weighted by Crippen LogP contribution is 2.13. The summed E-state index contributed by atoms with van der Waals surface area (Å²) < 4.78 is 5.32. The third-order valence-electron chi connectivity index (χ3n) is 4.49. The smallest absolute Gasteiger partial charge is 0.251 e. The standard InChI is InChI=1S/C21H31N5O2/c1-6-15(4)25-20(27)17-9-7-16(8-10-17)12-23-21(22-5)24-13-18-11-19(14(2)3)26-28-18/h7-11,14-15H,6,12-13H2,1-5H3,(H,25,27)(H2,22,23,24). The molecule has 1 aromatic carbocycles. The van der Waals surface area contributed by atoms with Crippen molar-refractivity contribution in [2.24, 2.45) is 4.99 Å². The highest BCUT2D eigenvalue weighted by atomic mass is 16.5. The second-order valence-electron chi connectivity index (χ2n) is 7.13. The normalized spacial score (nSPS) is 12.7. The molecule has 7 nitrogen and oxygen atoms in total. The largest absolute Gasteiger partial charge is 0.359 e. The summed E-state index contributed by atoms with van der Waals surface area (Å²) in [5, 5.41) is 13.5. The summed E-state index contributed by atoms with van der Waals surface area (Å²) in [7, 11) is 1.72. The molecule has 1 unspecified atom stereocenters. The number of rotatable bonds is 8. The Morgan fingerprint density at radius 2 is 1.82 bits per heavy atom. The molecule has 0 bridgehead atoms. The van der Waals surface area contributed by atoms with Crippen LogP contribution >= 0.6 is 0 Å². The van der Waals surface area contributed by atoms with Gasteiger partial charge in [-0.05, 0) is 37.0 Å². The molecule has 7 heteroatoms. The summed E-state index contributed by atoms with van der Waals surface area (Å²) in [6.07, 6.45) is 0.909. The maximum Gasteiger partial charge on any atom is 0.251 e. The molecule has 2 aromatic rings. The average Bonchev–Trinajstić information content (AvgIpc) is 3.17. The van der Waals surface area contributed by atoms with Crippen molar-refractivity contribution in [2.75, 3.05) is 7.05 Å². The van der Waals surface area contributed by atoms with Crippen LogP contribution in [0.2, 0.25) is 0 Å². The van der Waals surface area contributed by atoms with Gasteiger partial charge in [-0.2, -0.15) is 0 Å². The molecule has 28 heavy (non-hydrogen) atoms. The van der Waals surface area contributed by atoms with E-state index in [1.54, 1.807) is 7.05 Å². The van der Waals surface area contributed by atoms with Gasteiger partial charge in [-0.15, -0.1) is 0 Å². The lowest BCUT2D eigenvalue weighted by molar-refractivity contribution is 0.0939. The Labute approximate surface area is 167 Å². The van der Waals surface area contributed by atoms with E-state index in [1.807, 2.05) is 44.2 Å². The van der Waals surface area contributed by atoms with E-state index in [2.05, 4.69) is 39.9 Å². The minimum Gasteiger partial charge on any atom is -0.359 e. The van der Waals surface area contributed by atoms with Gasteiger partial charge < -0.3 is 20.5 Å². The number of nitrogens with one attached hydrogen (secondary N) is 3. The third kappa shape index (κ3) is 6.40. The van der Waals surface area contributed by atoms with E-state index in [-0.39, 0.29) is 11.9 Å². The molecule has 0 saturated carbocycles. The Morgan fingerprint density at radius 3 is 2.39 bits per heavy atom. The minimum absolute atomic E-state index is 0.0424. The molecule has 0 radical (unpaired) electrons. The topological polar surface area (TPSA) is 91.5 Å². The van der Waals surface area contributed by atoms with E-state index in [1.165, 1.54) is 0 Å². The van der Waals surface area contributed by atoms with E-state index < -0.39 is 0 Å². The maximum atomic E-state index is 12.1. The number of hydrogen-bond donors (Lipinski definition) is 3. The summed E-state index contributed by atoms with van der Waals surface area (Å²) in [4.78, 5) is 16.3. The molecule has 1 aromatic heterocycles. The predicted molar refractivity (Wildman–Crippen MR) is 111 cm³/mol. The number of guanidine groups is 1. The molecule has 1 atom stereocenters. The van der Waals surface area contributed by atoms with Crippen LogP contribution in [0.25, 0.3) is 0 Å². The van der Waals surface area contributed by atoms with Gasteiger partial charge in [-0.3, -0.25) is 9.79 Å². The first kappa shape index (κ1) is 21.5. The number of carbonyl (C=O) groups is 1. The first-order valence-electron chi connectivity index (χ1n) is 9.72. The lowest BCUT2D eigenvalue weighted by Gasteiger charge is -2.12. The first-order chi connectivity index (χ1) is 13.4. The zero-order valence-electron chi connectivity index (χ0n) is 17.4. The van der Waals surface area contributed by atoms with E-state index in [0.717, 1.165) is 23.4 Å². The summed E-state index contributed by atoms with van der Waals surface area (Å²) in [6, 6.07) is 9.69. The van der Waals surface area contributed by atoms with Crippen LogP contribution in [0.15, 0.2) is 39.8 Å². The van der Waals surface area contributed by atoms with Crippen molar-refractivity contribution in [3.05, 3.63) is 52.9 Å². The number of aliphatic imine (C=N–C) groups is 1. The predicted octanol–water partition coefficient (Wildman–Crippen LogP) is 3.19. The van der Waals surface area contributed by atoms with Gasteiger partial charge in [0, 0.05) is 31.3 Å². The lowest BCUT2D eigenvalue weighted by atomic mass is 10.1. The molecule has 0 saturated heterocycles. The monoisotopic (exact) mass is 385 g/mol. The Kier molecular flexibility index (Phi) is 8.04. The molecule has 0 aliphatic rings. The Balaban J connectivity index is 1.83. The van der Waals surface area contributed by atoms with Crippen molar-refractivity contribution < 1.29 is 9.32 Å². The molecule has 2 rings (SSSR count). The molecule has 0 aliphatic heterocycles. The minimum atomic E-state index is -0.0424. The number of nitrogens with zero attached hydrogens (tertiary/aromatic N) is 2. The molecule has 0 fully saturated rings. The second kappa shape index (κ2) is 10.5. The number of aromatic nitrogens is 1. The number of amides is 1. The van der Waals surface area contributed by atoms with Crippen LogP contribution in [0.4, 0.5) is 0 Å². The Morgan fingerprint density at radius 1 is 1.14 bits per heavy atom. The van der Waals surface area contributed by atoms with Gasteiger partial charge in [0.1, 0.15) is 0 Å². The van der Waals surface area contributed by atoms with Crippen LogP contribution in [0.1, 0.15) is 67.4 Å². The number of hydrogen-bond acceptors (Lipinski definition) is 4. The molecular formula is C21H31N5O2. The van der Waals surface area contributed by atoms with Crippen LogP contribution in [-0.4, -0.2) is 30.1 Å². The zero-order chi connectivity index (χ0) is 20.5. The van der Waals surface area contributed by atoms with Gasteiger partial charge in [0.05, 0.1) is 12.2 Å².